The Hall–Kier alpha value is -4.38. The molecule has 0 aromatic carbocycles. The standard InChI is InChI=1S/C26H23F4N9O/c27-20-18(2-5-32-22(20)26(28,29)30)24(40)37-7-9-38(10-8-37)25(11-16(12-25)1-4-31)39-14-17(13-36-39)21-19-3-6-33-23(19)35-15-34-21/h2-3,5-6,13-16H,1,7-12H2,(H,33,34,35). The Morgan fingerprint density at radius 3 is 2.65 bits per heavy atom. The van der Waals surface area contributed by atoms with Crippen molar-refractivity contribution >= 4 is 16.9 Å². The van der Waals surface area contributed by atoms with E-state index < -0.39 is 34.8 Å². The van der Waals surface area contributed by atoms with E-state index in [1.54, 1.807) is 12.4 Å². The van der Waals surface area contributed by atoms with Crippen molar-refractivity contribution in [2.45, 2.75) is 31.1 Å². The number of fused-ring (bicyclic) bond motifs is 1. The zero-order chi connectivity index (χ0) is 28.1. The summed E-state index contributed by atoms with van der Waals surface area (Å²) < 4.78 is 55.8. The van der Waals surface area contributed by atoms with E-state index >= 15 is 0 Å². The van der Waals surface area contributed by atoms with Gasteiger partial charge in [-0.2, -0.15) is 23.5 Å². The third kappa shape index (κ3) is 4.26. The van der Waals surface area contributed by atoms with E-state index in [1.807, 2.05) is 16.9 Å². The van der Waals surface area contributed by atoms with Gasteiger partial charge in [0.1, 0.15) is 17.6 Å². The van der Waals surface area contributed by atoms with Gasteiger partial charge in [0, 0.05) is 62.1 Å². The van der Waals surface area contributed by atoms with Crippen molar-refractivity contribution in [1.29, 1.82) is 5.26 Å². The molecule has 1 N–H and O–H groups in total. The van der Waals surface area contributed by atoms with Crippen LogP contribution >= 0.6 is 0 Å². The SMILES string of the molecule is N#CCC1CC(N2CCN(C(=O)c3ccnc(C(F)(F)F)c3F)CC2)(n2cc(-c3ncnc4[nH]ccc34)cn2)C1. The van der Waals surface area contributed by atoms with E-state index in [-0.39, 0.29) is 19.0 Å². The molecular formula is C26H23F4N9O. The summed E-state index contributed by atoms with van der Waals surface area (Å²) >= 11 is 0. The third-order valence-electron chi connectivity index (χ3n) is 7.79. The number of nitriles is 1. The average Bonchev–Trinajstić information content (AvgIpc) is 3.60. The van der Waals surface area contributed by atoms with Gasteiger partial charge in [-0.25, -0.2) is 19.3 Å². The molecule has 1 saturated heterocycles. The molecule has 2 aliphatic rings. The number of piperazine rings is 1. The largest absolute Gasteiger partial charge is 0.436 e. The second kappa shape index (κ2) is 9.67. The van der Waals surface area contributed by atoms with Gasteiger partial charge in [0.05, 0.1) is 23.5 Å². The number of alkyl halides is 3. The fourth-order valence-electron chi connectivity index (χ4n) is 5.81. The number of hydrogen-bond donors (Lipinski definition) is 1. The first kappa shape index (κ1) is 25.9. The van der Waals surface area contributed by atoms with Gasteiger partial charge in [-0.05, 0) is 30.9 Å². The van der Waals surface area contributed by atoms with Crippen molar-refractivity contribution in [1.82, 2.24) is 39.5 Å². The summed E-state index contributed by atoms with van der Waals surface area (Å²) in [6.07, 6.45) is 4.47. The van der Waals surface area contributed by atoms with E-state index in [0.29, 0.717) is 38.0 Å². The molecule has 0 unspecified atom stereocenters. The smallest absolute Gasteiger partial charge is 0.346 e. The van der Waals surface area contributed by atoms with Crippen molar-refractivity contribution < 1.29 is 22.4 Å². The summed E-state index contributed by atoms with van der Waals surface area (Å²) in [5.41, 5.74) is -0.653. The Bertz CT molecular complexity index is 1610. The van der Waals surface area contributed by atoms with Crippen LogP contribution in [-0.4, -0.2) is 71.6 Å². The number of nitrogens with one attached hydrogen (secondary N) is 1. The van der Waals surface area contributed by atoms with E-state index in [2.05, 4.69) is 36.0 Å². The van der Waals surface area contributed by atoms with Crippen LogP contribution in [0.25, 0.3) is 22.3 Å². The first-order valence-electron chi connectivity index (χ1n) is 12.7. The molecule has 0 spiro atoms. The van der Waals surface area contributed by atoms with Gasteiger partial charge < -0.3 is 9.88 Å². The van der Waals surface area contributed by atoms with Crippen LogP contribution in [0.4, 0.5) is 17.6 Å². The lowest BCUT2D eigenvalue weighted by molar-refractivity contribution is -0.143. The summed E-state index contributed by atoms with van der Waals surface area (Å²) in [6, 6.07) is 5.09. The summed E-state index contributed by atoms with van der Waals surface area (Å²) in [5, 5.41) is 14.8. The van der Waals surface area contributed by atoms with Gasteiger partial charge in [0.2, 0.25) is 0 Å². The summed E-state index contributed by atoms with van der Waals surface area (Å²) in [7, 11) is 0. The number of hydrogen-bond acceptors (Lipinski definition) is 7. The van der Waals surface area contributed by atoms with Crippen LogP contribution in [0.1, 0.15) is 35.3 Å². The number of halogens is 4. The highest BCUT2D eigenvalue weighted by molar-refractivity contribution is 5.94. The maximum atomic E-state index is 14.6. The number of nitrogens with zero attached hydrogens (tertiary/aromatic N) is 8. The van der Waals surface area contributed by atoms with Gasteiger partial charge in [0.15, 0.2) is 11.5 Å². The Morgan fingerprint density at radius 1 is 1.15 bits per heavy atom. The van der Waals surface area contributed by atoms with Crippen molar-refractivity contribution in [3.63, 3.8) is 0 Å². The minimum atomic E-state index is -5.00. The molecule has 40 heavy (non-hydrogen) atoms. The van der Waals surface area contributed by atoms with Crippen molar-refractivity contribution in [3.8, 4) is 17.3 Å². The Kier molecular flexibility index (Phi) is 6.25. The minimum Gasteiger partial charge on any atom is -0.346 e. The predicted octanol–water partition coefficient (Wildman–Crippen LogP) is 3.81. The first-order chi connectivity index (χ1) is 19.2. The molecule has 1 saturated carbocycles. The summed E-state index contributed by atoms with van der Waals surface area (Å²) in [4.78, 5) is 31.3. The molecule has 2 fully saturated rings. The number of amides is 1. The minimum absolute atomic E-state index is 0.180. The molecule has 4 aromatic rings. The van der Waals surface area contributed by atoms with Crippen LogP contribution < -0.4 is 0 Å². The second-order valence-corrected chi connectivity index (χ2v) is 10.1. The highest BCUT2D eigenvalue weighted by Crippen LogP contribution is 2.48. The number of aromatic amines is 1. The number of pyridine rings is 1. The van der Waals surface area contributed by atoms with Crippen LogP contribution in [0.15, 0.2) is 43.2 Å². The van der Waals surface area contributed by atoms with Crippen LogP contribution in [0.5, 0.6) is 0 Å². The predicted molar refractivity (Wildman–Crippen MR) is 133 cm³/mol. The van der Waals surface area contributed by atoms with Crippen LogP contribution in [0.2, 0.25) is 0 Å². The van der Waals surface area contributed by atoms with Crippen molar-refractivity contribution in [2.24, 2.45) is 5.92 Å². The maximum absolute atomic E-state index is 14.6. The first-order valence-corrected chi connectivity index (χ1v) is 12.7. The van der Waals surface area contributed by atoms with E-state index in [9.17, 15) is 27.6 Å². The molecule has 0 atom stereocenters. The van der Waals surface area contributed by atoms with Crippen LogP contribution in [0, 0.1) is 23.1 Å². The number of carbonyl (C=O) groups is 1. The average molecular weight is 554 g/mol. The van der Waals surface area contributed by atoms with Crippen LogP contribution in [-0.2, 0) is 11.8 Å². The number of H-pyrrole nitrogens is 1. The maximum Gasteiger partial charge on any atom is 0.436 e. The normalized spacial score (nSPS) is 21.8. The zero-order valence-corrected chi connectivity index (χ0v) is 21.1. The molecule has 1 aliphatic carbocycles. The molecule has 10 nitrogen and oxygen atoms in total. The molecule has 1 amide bonds. The Balaban J connectivity index is 1.23. The molecule has 206 valence electrons. The molecule has 5 heterocycles. The molecule has 0 radical (unpaired) electrons. The molecular weight excluding hydrogens is 530 g/mol. The molecule has 0 bridgehead atoms. The Labute approximate surface area is 225 Å². The number of carbonyl (C=O) groups excluding carboxylic acids is 1. The third-order valence-corrected chi connectivity index (χ3v) is 7.79. The molecule has 6 rings (SSSR count). The van der Waals surface area contributed by atoms with Gasteiger partial charge in [0.25, 0.3) is 5.91 Å². The van der Waals surface area contributed by atoms with Gasteiger partial charge in [-0.1, -0.05) is 0 Å². The lowest BCUT2D eigenvalue weighted by Crippen LogP contribution is -2.64. The van der Waals surface area contributed by atoms with Gasteiger partial charge >= 0.3 is 6.18 Å². The summed E-state index contributed by atoms with van der Waals surface area (Å²) in [6.45, 7) is 1.18. The fraction of sp³-hybridized carbons (Fsp3) is 0.385. The number of aromatic nitrogens is 6. The monoisotopic (exact) mass is 553 g/mol. The highest BCUT2D eigenvalue weighted by Gasteiger charge is 2.51. The summed E-state index contributed by atoms with van der Waals surface area (Å²) in [5.74, 6) is -2.29. The topological polar surface area (TPSA) is 120 Å². The lowest BCUT2D eigenvalue weighted by atomic mass is 9.71. The van der Waals surface area contributed by atoms with E-state index in [4.69, 9.17) is 0 Å². The van der Waals surface area contributed by atoms with E-state index in [1.165, 1.54) is 11.2 Å². The van der Waals surface area contributed by atoms with Crippen molar-refractivity contribution in [2.75, 3.05) is 26.2 Å². The molecule has 14 heteroatoms. The molecule has 1 aliphatic heterocycles. The van der Waals surface area contributed by atoms with Gasteiger partial charge in [-0.3, -0.25) is 14.4 Å². The zero-order valence-electron chi connectivity index (χ0n) is 21.1. The number of rotatable bonds is 5. The lowest BCUT2D eigenvalue weighted by Gasteiger charge is -2.55. The van der Waals surface area contributed by atoms with Crippen molar-refractivity contribution in [3.05, 3.63) is 60.3 Å². The highest BCUT2D eigenvalue weighted by atomic mass is 19.4. The quantitative estimate of drug-likeness (QED) is 0.373. The van der Waals surface area contributed by atoms with Gasteiger partial charge in [-0.15, -0.1) is 0 Å². The fourth-order valence-corrected chi connectivity index (χ4v) is 5.81. The van der Waals surface area contributed by atoms with Crippen LogP contribution in [0.3, 0.4) is 0 Å². The Morgan fingerprint density at radius 2 is 1.93 bits per heavy atom. The second-order valence-electron chi connectivity index (χ2n) is 10.1. The molecule has 4 aromatic heterocycles. The van der Waals surface area contributed by atoms with E-state index in [0.717, 1.165) is 28.9 Å².